The summed E-state index contributed by atoms with van der Waals surface area (Å²) in [5.41, 5.74) is 3.87. The minimum Gasteiger partial charge on any atom is -0.468 e. The van der Waals surface area contributed by atoms with Gasteiger partial charge in [0.25, 0.3) is 0 Å². The van der Waals surface area contributed by atoms with Crippen LogP contribution in [0.5, 0.6) is 0 Å². The fourth-order valence-electron chi connectivity index (χ4n) is 1.94. The van der Waals surface area contributed by atoms with Crippen LogP contribution in [0.25, 0.3) is 11.1 Å². The Labute approximate surface area is 109 Å². The maximum atomic E-state index is 5.49. The molecule has 1 heteroatoms. The summed E-state index contributed by atoms with van der Waals surface area (Å²) in [5.74, 6) is 0.958. The standard InChI is InChI=1S/C17H20O/c1-5-6-16-11-14(12-18-16)13-7-9-15(10-8-13)17(2,3)4/h5,7-12H,1,6H2,2-4H3. The zero-order valence-corrected chi connectivity index (χ0v) is 11.4. The molecule has 1 heterocycles. The number of benzene rings is 1. The molecule has 1 aromatic carbocycles. The highest BCUT2D eigenvalue weighted by Crippen LogP contribution is 2.27. The van der Waals surface area contributed by atoms with Crippen LogP contribution in [0.3, 0.4) is 0 Å². The van der Waals surface area contributed by atoms with Gasteiger partial charge in [0, 0.05) is 12.0 Å². The summed E-state index contributed by atoms with van der Waals surface area (Å²) in [4.78, 5) is 0. The van der Waals surface area contributed by atoms with Crippen LogP contribution in [0.2, 0.25) is 0 Å². The molecule has 0 aliphatic carbocycles. The second kappa shape index (κ2) is 4.85. The molecule has 0 aliphatic heterocycles. The molecular weight excluding hydrogens is 220 g/mol. The van der Waals surface area contributed by atoms with E-state index in [1.165, 1.54) is 11.1 Å². The molecule has 0 saturated carbocycles. The van der Waals surface area contributed by atoms with Crippen molar-refractivity contribution in [3.8, 4) is 11.1 Å². The Bertz CT molecular complexity index is 523. The lowest BCUT2D eigenvalue weighted by Gasteiger charge is -2.18. The summed E-state index contributed by atoms with van der Waals surface area (Å²) in [7, 11) is 0. The number of rotatable bonds is 3. The van der Waals surface area contributed by atoms with Crippen LogP contribution in [0.4, 0.5) is 0 Å². The normalized spacial score (nSPS) is 11.5. The third-order valence-corrected chi connectivity index (χ3v) is 3.08. The molecule has 0 fully saturated rings. The molecule has 0 spiro atoms. The van der Waals surface area contributed by atoms with E-state index in [1.54, 1.807) is 0 Å². The Hall–Kier alpha value is -1.76. The van der Waals surface area contributed by atoms with E-state index in [0.717, 1.165) is 17.7 Å². The quantitative estimate of drug-likeness (QED) is 0.690. The molecule has 0 N–H and O–H groups in total. The molecule has 0 atom stereocenters. The summed E-state index contributed by atoms with van der Waals surface area (Å²) in [6, 6.07) is 10.8. The first-order valence-electron chi connectivity index (χ1n) is 6.30. The van der Waals surface area contributed by atoms with Crippen molar-refractivity contribution in [1.82, 2.24) is 0 Å². The van der Waals surface area contributed by atoms with Crippen molar-refractivity contribution in [3.63, 3.8) is 0 Å². The molecule has 2 rings (SSSR count). The zero-order valence-electron chi connectivity index (χ0n) is 11.4. The Morgan fingerprint density at radius 1 is 1.11 bits per heavy atom. The van der Waals surface area contributed by atoms with E-state index < -0.39 is 0 Å². The van der Waals surface area contributed by atoms with Crippen molar-refractivity contribution >= 4 is 0 Å². The highest BCUT2D eigenvalue weighted by molar-refractivity contribution is 5.63. The fraction of sp³-hybridized carbons (Fsp3) is 0.294. The van der Waals surface area contributed by atoms with E-state index in [4.69, 9.17) is 4.42 Å². The first-order chi connectivity index (χ1) is 8.50. The van der Waals surface area contributed by atoms with Crippen molar-refractivity contribution in [1.29, 1.82) is 0 Å². The molecule has 0 saturated heterocycles. The van der Waals surface area contributed by atoms with Crippen LogP contribution in [0, 0.1) is 0 Å². The minimum atomic E-state index is 0.197. The van der Waals surface area contributed by atoms with Crippen LogP contribution >= 0.6 is 0 Å². The largest absolute Gasteiger partial charge is 0.468 e. The monoisotopic (exact) mass is 240 g/mol. The molecule has 2 aromatic rings. The summed E-state index contributed by atoms with van der Waals surface area (Å²) in [6.45, 7) is 10.4. The van der Waals surface area contributed by atoms with Gasteiger partial charge in [-0.2, -0.15) is 0 Å². The molecule has 18 heavy (non-hydrogen) atoms. The van der Waals surface area contributed by atoms with E-state index in [2.05, 4.69) is 57.7 Å². The van der Waals surface area contributed by atoms with Crippen LogP contribution in [-0.2, 0) is 11.8 Å². The van der Waals surface area contributed by atoms with Crippen LogP contribution in [0.1, 0.15) is 32.1 Å². The van der Waals surface area contributed by atoms with Crippen LogP contribution < -0.4 is 0 Å². The topological polar surface area (TPSA) is 13.1 Å². The molecule has 0 radical (unpaired) electrons. The average molecular weight is 240 g/mol. The minimum absolute atomic E-state index is 0.197. The Morgan fingerprint density at radius 2 is 1.78 bits per heavy atom. The van der Waals surface area contributed by atoms with Gasteiger partial charge in [0.15, 0.2) is 0 Å². The van der Waals surface area contributed by atoms with Crippen LogP contribution in [0.15, 0.2) is 53.7 Å². The number of allylic oxidation sites excluding steroid dienone is 1. The third-order valence-electron chi connectivity index (χ3n) is 3.08. The van der Waals surface area contributed by atoms with Gasteiger partial charge in [0.1, 0.15) is 5.76 Å². The molecule has 1 nitrogen and oxygen atoms in total. The summed E-state index contributed by atoms with van der Waals surface area (Å²) in [5, 5.41) is 0. The fourth-order valence-corrected chi connectivity index (χ4v) is 1.94. The maximum absolute atomic E-state index is 5.49. The van der Waals surface area contributed by atoms with Gasteiger partial charge in [-0.15, -0.1) is 6.58 Å². The third kappa shape index (κ3) is 2.73. The van der Waals surface area contributed by atoms with Gasteiger partial charge in [-0.1, -0.05) is 51.1 Å². The number of hydrogen-bond donors (Lipinski definition) is 0. The Balaban J connectivity index is 2.25. The smallest absolute Gasteiger partial charge is 0.108 e. The Kier molecular flexibility index (Phi) is 3.42. The van der Waals surface area contributed by atoms with Crippen LogP contribution in [-0.4, -0.2) is 0 Å². The summed E-state index contributed by atoms with van der Waals surface area (Å²) < 4.78 is 5.49. The van der Waals surface area contributed by atoms with Gasteiger partial charge < -0.3 is 4.42 Å². The van der Waals surface area contributed by atoms with Gasteiger partial charge in [-0.3, -0.25) is 0 Å². The molecule has 94 valence electrons. The van der Waals surface area contributed by atoms with E-state index in [-0.39, 0.29) is 5.41 Å². The predicted octanol–water partition coefficient (Wildman–Crippen LogP) is 4.97. The summed E-state index contributed by atoms with van der Waals surface area (Å²) >= 11 is 0. The van der Waals surface area contributed by atoms with E-state index in [1.807, 2.05) is 12.3 Å². The summed E-state index contributed by atoms with van der Waals surface area (Å²) in [6.07, 6.45) is 4.44. The molecule has 0 bridgehead atoms. The van der Waals surface area contributed by atoms with Crippen molar-refractivity contribution in [2.24, 2.45) is 0 Å². The lowest BCUT2D eigenvalue weighted by molar-refractivity contribution is 0.523. The average Bonchev–Trinajstić information content (AvgIpc) is 2.77. The highest BCUT2D eigenvalue weighted by Gasteiger charge is 2.13. The Morgan fingerprint density at radius 3 is 2.33 bits per heavy atom. The van der Waals surface area contributed by atoms with E-state index in [9.17, 15) is 0 Å². The van der Waals surface area contributed by atoms with Gasteiger partial charge in [-0.25, -0.2) is 0 Å². The second-order valence-corrected chi connectivity index (χ2v) is 5.62. The van der Waals surface area contributed by atoms with Crippen molar-refractivity contribution in [2.45, 2.75) is 32.6 Å². The maximum Gasteiger partial charge on any atom is 0.108 e. The van der Waals surface area contributed by atoms with E-state index in [0.29, 0.717) is 0 Å². The van der Waals surface area contributed by atoms with Crippen molar-refractivity contribution in [2.75, 3.05) is 0 Å². The van der Waals surface area contributed by atoms with Crippen molar-refractivity contribution in [3.05, 3.63) is 60.6 Å². The lowest BCUT2D eigenvalue weighted by atomic mass is 9.86. The van der Waals surface area contributed by atoms with Gasteiger partial charge >= 0.3 is 0 Å². The second-order valence-electron chi connectivity index (χ2n) is 5.62. The highest BCUT2D eigenvalue weighted by atomic mass is 16.3. The zero-order chi connectivity index (χ0) is 13.2. The van der Waals surface area contributed by atoms with Gasteiger partial charge in [-0.05, 0) is 22.6 Å². The van der Waals surface area contributed by atoms with Gasteiger partial charge in [0.05, 0.1) is 6.26 Å². The van der Waals surface area contributed by atoms with Crippen molar-refractivity contribution < 1.29 is 4.42 Å². The molecule has 0 unspecified atom stereocenters. The predicted molar refractivity (Wildman–Crippen MR) is 76.7 cm³/mol. The first-order valence-corrected chi connectivity index (χ1v) is 6.30. The number of furan rings is 1. The first kappa shape index (κ1) is 12.7. The SMILES string of the molecule is C=CCc1cc(-c2ccc(C(C)(C)C)cc2)co1. The molecule has 1 aromatic heterocycles. The number of hydrogen-bond acceptors (Lipinski definition) is 1. The molecule has 0 aliphatic rings. The molecular formula is C17H20O. The van der Waals surface area contributed by atoms with E-state index >= 15 is 0 Å². The molecule has 0 amide bonds. The van der Waals surface area contributed by atoms with Gasteiger partial charge in [0.2, 0.25) is 0 Å². The lowest BCUT2D eigenvalue weighted by Crippen LogP contribution is -2.10.